The molecule has 0 spiro atoms. The van der Waals surface area contributed by atoms with Crippen molar-refractivity contribution in [3.63, 3.8) is 0 Å². The van der Waals surface area contributed by atoms with Crippen LogP contribution < -0.4 is 9.64 Å². The van der Waals surface area contributed by atoms with Crippen molar-refractivity contribution in [1.82, 2.24) is 0 Å². The zero-order valence-electron chi connectivity index (χ0n) is 16.6. The number of halogens is 1. The molecule has 156 valence electrons. The first kappa shape index (κ1) is 19.0. The van der Waals surface area contributed by atoms with Crippen molar-refractivity contribution in [2.75, 3.05) is 11.5 Å². The molecule has 6 atom stereocenters. The van der Waals surface area contributed by atoms with Crippen LogP contribution in [0.1, 0.15) is 16.8 Å². The van der Waals surface area contributed by atoms with Crippen LogP contribution in [0.5, 0.6) is 5.75 Å². The van der Waals surface area contributed by atoms with Crippen LogP contribution >= 0.6 is 15.9 Å². The lowest BCUT2D eigenvalue weighted by atomic mass is 9.63. The van der Waals surface area contributed by atoms with Crippen molar-refractivity contribution in [1.29, 1.82) is 0 Å². The number of ether oxygens (including phenoxy) is 1. The lowest BCUT2D eigenvalue weighted by molar-refractivity contribution is -0.124. The highest BCUT2D eigenvalue weighted by Gasteiger charge is 2.67. The van der Waals surface area contributed by atoms with Crippen LogP contribution in [0.25, 0.3) is 0 Å². The molecule has 1 heterocycles. The van der Waals surface area contributed by atoms with Crippen LogP contribution in [-0.2, 0) is 9.59 Å². The third kappa shape index (κ3) is 2.92. The topological polar surface area (TPSA) is 63.7 Å². The van der Waals surface area contributed by atoms with Crippen LogP contribution in [0.2, 0.25) is 0 Å². The fourth-order valence-electron chi connectivity index (χ4n) is 5.77. The molecule has 0 N–H and O–H groups in total. The van der Waals surface area contributed by atoms with E-state index >= 15 is 0 Å². The van der Waals surface area contributed by atoms with Crippen molar-refractivity contribution in [2.45, 2.75) is 6.42 Å². The third-order valence-corrected chi connectivity index (χ3v) is 7.82. The lowest BCUT2D eigenvalue weighted by Crippen LogP contribution is -2.40. The summed E-state index contributed by atoms with van der Waals surface area (Å²) in [5, 5.41) is 0. The van der Waals surface area contributed by atoms with E-state index in [-0.39, 0.29) is 47.9 Å². The maximum Gasteiger partial charge on any atom is 0.238 e. The van der Waals surface area contributed by atoms with Gasteiger partial charge in [-0.1, -0.05) is 40.2 Å². The fourth-order valence-corrected chi connectivity index (χ4v) is 6.04. The molecule has 6 heteroatoms. The van der Waals surface area contributed by atoms with Gasteiger partial charge in [-0.15, -0.1) is 0 Å². The smallest absolute Gasteiger partial charge is 0.238 e. The van der Waals surface area contributed by atoms with Gasteiger partial charge in [-0.2, -0.15) is 0 Å². The zero-order valence-corrected chi connectivity index (χ0v) is 18.2. The molecular weight excluding hydrogens is 458 g/mol. The molecule has 4 aliphatic carbocycles. The largest absolute Gasteiger partial charge is 0.485 e. The molecule has 5 nitrogen and oxygen atoms in total. The molecule has 2 saturated carbocycles. The average molecular weight is 478 g/mol. The number of allylic oxidation sites excluding steroid dienone is 2. The van der Waals surface area contributed by atoms with Crippen LogP contribution in [-0.4, -0.2) is 24.2 Å². The van der Waals surface area contributed by atoms with Gasteiger partial charge < -0.3 is 4.74 Å². The minimum absolute atomic E-state index is 0.0706. The van der Waals surface area contributed by atoms with E-state index in [4.69, 9.17) is 4.74 Å². The highest BCUT2D eigenvalue weighted by Crippen LogP contribution is 2.65. The first-order chi connectivity index (χ1) is 15.0. The van der Waals surface area contributed by atoms with Crippen molar-refractivity contribution in [2.24, 2.45) is 35.5 Å². The van der Waals surface area contributed by atoms with Gasteiger partial charge in [-0.3, -0.25) is 19.3 Å². The number of hydrogen-bond donors (Lipinski definition) is 0. The Bertz CT molecular complexity index is 1090. The molecule has 0 aromatic heterocycles. The second-order valence-electron chi connectivity index (χ2n) is 8.88. The van der Waals surface area contributed by atoms with E-state index in [1.807, 2.05) is 12.1 Å². The minimum atomic E-state index is -0.203. The van der Waals surface area contributed by atoms with Crippen molar-refractivity contribution in [3.05, 3.63) is 70.7 Å². The van der Waals surface area contributed by atoms with Crippen LogP contribution in [0.4, 0.5) is 5.69 Å². The summed E-state index contributed by atoms with van der Waals surface area (Å²) >= 11 is 3.35. The number of imide groups is 1. The number of rotatable bonds is 5. The number of anilines is 1. The second-order valence-corrected chi connectivity index (χ2v) is 9.79. The summed E-state index contributed by atoms with van der Waals surface area (Å²) in [6.07, 6.45) is 5.50. The quantitative estimate of drug-likeness (QED) is 0.366. The highest BCUT2D eigenvalue weighted by atomic mass is 79.9. The lowest BCUT2D eigenvalue weighted by Gasteiger charge is -2.37. The number of carbonyl (C=O) groups is 3. The number of Topliss-reactive ketones (excluding diaryl/α,β-unsaturated/α-hetero) is 1. The maximum absolute atomic E-state index is 13.2. The molecule has 7 rings (SSSR count). The Kier molecular flexibility index (Phi) is 4.22. The van der Waals surface area contributed by atoms with Crippen LogP contribution in [0, 0.1) is 35.5 Å². The SMILES string of the molecule is O=C(COc1ccc(N2C(=O)[C@@H]3[C@H]4C=C[C@@H]([C@@H]5C[C@H]45)[C@@H]3C2=O)cc1)c1ccc(Br)cc1. The number of ketones is 1. The van der Waals surface area contributed by atoms with Crippen LogP contribution in [0.3, 0.4) is 0 Å². The number of benzene rings is 2. The van der Waals surface area contributed by atoms with Gasteiger partial charge in [0, 0.05) is 10.0 Å². The molecule has 5 aliphatic rings. The Labute approximate surface area is 188 Å². The van der Waals surface area contributed by atoms with Gasteiger partial charge in [0.1, 0.15) is 5.75 Å². The molecule has 31 heavy (non-hydrogen) atoms. The van der Waals surface area contributed by atoms with Gasteiger partial charge in [-0.25, -0.2) is 0 Å². The summed E-state index contributed by atoms with van der Waals surface area (Å²) < 4.78 is 6.53. The predicted molar refractivity (Wildman–Crippen MR) is 118 cm³/mol. The van der Waals surface area contributed by atoms with Crippen LogP contribution in [0.15, 0.2) is 65.2 Å². The Balaban J connectivity index is 1.16. The Morgan fingerprint density at radius 2 is 1.48 bits per heavy atom. The van der Waals surface area contributed by atoms with Gasteiger partial charge in [0.05, 0.1) is 17.5 Å². The number of hydrogen-bond acceptors (Lipinski definition) is 4. The normalized spacial score (nSPS) is 32.1. The van der Waals surface area contributed by atoms with E-state index in [1.165, 1.54) is 4.90 Å². The molecule has 0 radical (unpaired) electrons. The first-order valence-corrected chi connectivity index (χ1v) is 11.4. The summed E-state index contributed by atoms with van der Waals surface area (Å²) in [6.45, 7) is -0.0789. The maximum atomic E-state index is 13.2. The molecule has 2 amide bonds. The predicted octanol–water partition coefficient (Wildman–Crippen LogP) is 4.27. The van der Waals surface area contributed by atoms with Gasteiger partial charge in [0.15, 0.2) is 12.4 Å². The standard InChI is InChI=1S/C25H20BrNO4/c26-14-3-1-13(2-4-14)21(28)12-31-16-7-5-15(6-8-16)27-24(29)22-17-9-10-18(20-11-19(17)20)23(22)25(27)30/h1-10,17-20,22-23H,11-12H2/t17-,18-,19-,20+,22-,23+/m0/s1. The highest BCUT2D eigenvalue weighted by molar-refractivity contribution is 9.10. The number of carbonyl (C=O) groups excluding carboxylic acids is 3. The molecule has 0 unspecified atom stereocenters. The van der Waals surface area contributed by atoms with Crippen molar-refractivity contribution in [3.8, 4) is 5.75 Å². The van der Waals surface area contributed by atoms with E-state index in [1.54, 1.807) is 36.4 Å². The zero-order chi connectivity index (χ0) is 21.3. The van der Waals surface area contributed by atoms with Gasteiger partial charge in [-0.05, 0) is 66.5 Å². The third-order valence-electron chi connectivity index (χ3n) is 7.29. The van der Waals surface area contributed by atoms with E-state index in [9.17, 15) is 14.4 Å². The number of nitrogens with zero attached hydrogens (tertiary/aromatic N) is 1. The van der Waals surface area contributed by atoms with Crippen molar-refractivity contribution >= 4 is 39.2 Å². The molecule has 2 aromatic rings. The number of amides is 2. The molecule has 1 saturated heterocycles. The summed E-state index contributed by atoms with van der Waals surface area (Å²) in [5.41, 5.74) is 1.15. The summed E-state index contributed by atoms with van der Waals surface area (Å²) in [6, 6.07) is 14.0. The second kappa shape index (κ2) is 6.89. The Hall–Kier alpha value is -2.73. The molecular formula is C25H20BrNO4. The van der Waals surface area contributed by atoms with Gasteiger partial charge in [0.25, 0.3) is 0 Å². The Morgan fingerprint density at radius 1 is 0.903 bits per heavy atom. The van der Waals surface area contributed by atoms with E-state index in [2.05, 4.69) is 28.1 Å². The monoisotopic (exact) mass is 477 g/mol. The first-order valence-electron chi connectivity index (χ1n) is 10.6. The molecule has 3 fully saturated rings. The summed E-state index contributed by atoms with van der Waals surface area (Å²) in [7, 11) is 0. The fraction of sp³-hybridized carbons (Fsp3) is 0.320. The van der Waals surface area contributed by atoms with E-state index < -0.39 is 0 Å². The van der Waals surface area contributed by atoms with E-state index in [0.29, 0.717) is 28.8 Å². The molecule has 2 aromatic carbocycles. The Morgan fingerprint density at radius 3 is 2.06 bits per heavy atom. The minimum Gasteiger partial charge on any atom is -0.485 e. The summed E-state index contributed by atoms with van der Waals surface area (Å²) in [5.74, 6) is 1.47. The molecule has 1 aliphatic heterocycles. The van der Waals surface area contributed by atoms with Gasteiger partial charge >= 0.3 is 0 Å². The molecule has 2 bridgehead atoms. The summed E-state index contributed by atoms with van der Waals surface area (Å²) in [4.78, 5) is 40.0. The average Bonchev–Trinajstić information content (AvgIpc) is 3.56. The van der Waals surface area contributed by atoms with Gasteiger partial charge in [0.2, 0.25) is 11.8 Å². The van der Waals surface area contributed by atoms with Crippen molar-refractivity contribution < 1.29 is 19.1 Å². The van der Waals surface area contributed by atoms with E-state index in [0.717, 1.165) is 10.9 Å².